The molecule has 2 aliphatic rings. The predicted octanol–water partition coefficient (Wildman–Crippen LogP) is 2.87. The van der Waals surface area contributed by atoms with Crippen LogP contribution in [0, 0.1) is 5.92 Å². The summed E-state index contributed by atoms with van der Waals surface area (Å²) >= 11 is 0. The van der Waals surface area contributed by atoms with Crippen LogP contribution in [0.3, 0.4) is 0 Å². The summed E-state index contributed by atoms with van der Waals surface area (Å²) in [5.41, 5.74) is 0.454. The highest BCUT2D eigenvalue weighted by Gasteiger charge is 2.42. The molecule has 0 bridgehead atoms. The number of anilines is 1. The van der Waals surface area contributed by atoms with Gasteiger partial charge in [-0.15, -0.1) is 0 Å². The summed E-state index contributed by atoms with van der Waals surface area (Å²) in [6.07, 6.45) is 1.84. The Morgan fingerprint density at radius 3 is 2.76 bits per heavy atom. The minimum Gasteiger partial charge on any atom is -0.491 e. The first-order valence-corrected chi connectivity index (χ1v) is 9.07. The van der Waals surface area contributed by atoms with Gasteiger partial charge in [0.05, 0.1) is 30.6 Å². The number of carbonyl (C=O) groups excluding carboxylic acids is 1. The molecule has 6 nitrogen and oxygen atoms in total. The van der Waals surface area contributed by atoms with E-state index in [0.29, 0.717) is 50.1 Å². The Balaban J connectivity index is 1.56. The minimum absolute atomic E-state index is 0.117. The second-order valence-electron chi connectivity index (χ2n) is 7.47. The van der Waals surface area contributed by atoms with E-state index in [4.69, 9.17) is 9.47 Å². The highest BCUT2D eigenvalue weighted by molar-refractivity contribution is 5.91. The number of aliphatic hydroxyl groups is 1. The monoisotopic (exact) mass is 348 g/mol. The van der Waals surface area contributed by atoms with E-state index in [-0.39, 0.29) is 17.7 Å². The molecular weight excluding hydrogens is 320 g/mol. The van der Waals surface area contributed by atoms with E-state index in [0.717, 1.165) is 12.8 Å². The molecule has 2 aliphatic heterocycles. The van der Waals surface area contributed by atoms with Crippen molar-refractivity contribution in [1.29, 1.82) is 0 Å². The third kappa shape index (κ3) is 4.44. The average molecular weight is 348 g/mol. The number of benzene rings is 1. The topological polar surface area (TPSA) is 71.0 Å². The number of amides is 2. The Hall–Kier alpha value is -1.79. The lowest BCUT2D eigenvalue weighted by atomic mass is 9.88. The molecule has 0 unspecified atom stereocenters. The van der Waals surface area contributed by atoms with E-state index in [2.05, 4.69) is 19.2 Å². The van der Waals surface area contributed by atoms with Crippen LogP contribution in [0.2, 0.25) is 0 Å². The van der Waals surface area contributed by atoms with Gasteiger partial charge in [0.25, 0.3) is 0 Å². The summed E-state index contributed by atoms with van der Waals surface area (Å²) in [5.74, 6) is 1.11. The third-order valence-electron chi connectivity index (χ3n) is 4.85. The Bertz CT molecular complexity index is 597. The van der Waals surface area contributed by atoms with Crippen molar-refractivity contribution in [2.75, 3.05) is 31.6 Å². The molecule has 1 atom stereocenters. The molecule has 2 saturated heterocycles. The van der Waals surface area contributed by atoms with Crippen molar-refractivity contribution < 1.29 is 19.4 Å². The zero-order valence-corrected chi connectivity index (χ0v) is 15.0. The Morgan fingerprint density at radius 1 is 1.40 bits per heavy atom. The number of rotatable bonds is 4. The SMILES string of the molecule is CC(C)COc1ccccc1NC(=O)N1CCC2(CC1)C[C@H](O)CO2. The second-order valence-corrected chi connectivity index (χ2v) is 7.47. The van der Waals surface area contributed by atoms with Gasteiger partial charge in [-0.2, -0.15) is 0 Å². The molecule has 0 saturated carbocycles. The van der Waals surface area contributed by atoms with Crippen molar-refractivity contribution in [3.8, 4) is 5.75 Å². The maximum atomic E-state index is 12.6. The highest BCUT2D eigenvalue weighted by atomic mass is 16.5. The van der Waals surface area contributed by atoms with Crippen molar-refractivity contribution >= 4 is 11.7 Å². The number of nitrogens with one attached hydrogen (secondary N) is 1. The van der Waals surface area contributed by atoms with Crippen molar-refractivity contribution in [3.05, 3.63) is 24.3 Å². The van der Waals surface area contributed by atoms with Gasteiger partial charge in [-0.1, -0.05) is 26.0 Å². The molecule has 1 spiro atoms. The number of para-hydroxylation sites is 2. The van der Waals surface area contributed by atoms with E-state index in [1.54, 1.807) is 4.90 Å². The largest absolute Gasteiger partial charge is 0.491 e. The van der Waals surface area contributed by atoms with Crippen LogP contribution < -0.4 is 10.1 Å². The van der Waals surface area contributed by atoms with Gasteiger partial charge in [0.2, 0.25) is 0 Å². The van der Waals surface area contributed by atoms with Crippen LogP contribution in [0.25, 0.3) is 0 Å². The quantitative estimate of drug-likeness (QED) is 0.878. The van der Waals surface area contributed by atoms with Crippen LogP contribution in [0.15, 0.2) is 24.3 Å². The van der Waals surface area contributed by atoms with Crippen molar-refractivity contribution in [1.82, 2.24) is 4.90 Å². The van der Waals surface area contributed by atoms with Crippen LogP contribution in [-0.4, -0.2) is 54.0 Å². The maximum Gasteiger partial charge on any atom is 0.321 e. The molecule has 6 heteroatoms. The predicted molar refractivity (Wildman–Crippen MR) is 95.9 cm³/mol. The lowest BCUT2D eigenvalue weighted by Crippen LogP contribution is -2.48. The number of ether oxygens (including phenoxy) is 2. The van der Waals surface area contributed by atoms with Gasteiger partial charge in [0.15, 0.2) is 0 Å². The molecular formula is C19H28N2O4. The van der Waals surface area contributed by atoms with Gasteiger partial charge in [-0.3, -0.25) is 0 Å². The lowest BCUT2D eigenvalue weighted by molar-refractivity contribution is -0.0365. The zero-order chi connectivity index (χ0) is 17.9. The van der Waals surface area contributed by atoms with Crippen LogP contribution in [0.5, 0.6) is 5.75 Å². The Labute approximate surface area is 149 Å². The molecule has 0 aliphatic carbocycles. The van der Waals surface area contributed by atoms with Gasteiger partial charge in [0, 0.05) is 19.5 Å². The first kappa shape index (κ1) is 18.0. The van der Waals surface area contributed by atoms with Crippen LogP contribution in [-0.2, 0) is 4.74 Å². The summed E-state index contributed by atoms with van der Waals surface area (Å²) in [7, 11) is 0. The standard InChI is InChI=1S/C19H28N2O4/c1-14(2)12-24-17-6-4-3-5-16(17)20-18(23)21-9-7-19(8-10-21)11-15(22)13-25-19/h3-6,14-15,22H,7-13H2,1-2H3,(H,20,23)/t15-/m0/s1. The molecule has 0 radical (unpaired) electrons. The van der Waals surface area contributed by atoms with Gasteiger partial charge in [-0.05, 0) is 30.9 Å². The average Bonchev–Trinajstić information content (AvgIpc) is 2.95. The maximum absolute atomic E-state index is 12.6. The van der Waals surface area contributed by atoms with E-state index >= 15 is 0 Å². The highest BCUT2D eigenvalue weighted by Crippen LogP contribution is 2.36. The van der Waals surface area contributed by atoms with Gasteiger partial charge >= 0.3 is 6.03 Å². The van der Waals surface area contributed by atoms with Crippen LogP contribution >= 0.6 is 0 Å². The Kier molecular flexibility index (Phi) is 5.49. The lowest BCUT2D eigenvalue weighted by Gasteiger charge is -2.38. The smallest absolute Gasteiger partial charge is 0.321 e. The number of carbonyl (C=O) groups is 1. The fourth-order valence-corrected chi connectivity index (χ4v) is 3.43. The Morgan fingerprint density at radius 2 is 2.12 bits per heavy atom. The fraction of sp³-hybridized carbons (Fsp3) is 0.632. The molecule has 2 N–H and O–H groups in total. The molecule has 0 aromatic heterocycles. The van der Waals surface area contributed by atoms with E-state index in [1.165, 1.54) is 0 Å². The number of aliphatic hydroxyl groups excluding tert-OH is 1. The molecule has 2 fully saturated rings. The number of nitrogens with zero attached hydrogens (tertiary/aromatic N) is 1. The fourth-order valence-electron chi connectivity index (χ4n) is 3.43. The van der Waals surface area contributed by atoms with Crippen molar-refractivity contribution in [3.63, 3.8) is 0 Å². The van der Waals surface area contributed by atoms with Crippen LogP contribution in [0.1, 0.15) is 33.1 Å². The van der Waals surface area contributed by atoms with E-state index in [1.807, 2.05) is 24.3 Å². The molecule has 2 heterocycles. The second kappa shape index (κ2) is 7.62. The number of piperidine rings is 1. The summed E-state index contributed by atoms with van der Waals surface area (Å²) in [6, 6.07) is 7.40. The summed E-state index contributed by atoms with van der Waals surface area (Å²) in [5, 5.41) is 12.7. The summed E-state index contributed by atoms with van der Waals surface area (Å²) in [4.78, 5) is 14.4. The normalized spacial score (nSPS) is 22.4. The van der Waals surface area contributed by atoms with Crippen molar-refractivity contribution in [2.24, 2.45) is 5.92 Å². The molecule has 138 valence electrons. The number of urea groups is 1. The zero-order valence-electron chi connectivity index (χ0n) is 15.0. The summed E-state index contributed by atoms with van der Waals surface area (Å²) < 4.78 is 11.6. The van der Waals surface area contributed by atoms with Gasteiger partial charge in [-0.25, -0.2) is 4.79 Å². The third-order valence-corrected chi connectivity index (χ3v) is 4.85. The van der Waals surface area contributed by atoms with E-state index < -0.39 is 0 Å². The molecule has 1 aromatic rings. The van der Waals surface area contributed by atoms with Gasteiger partial charge < -0.3 is 24.8 Å². The molecule has 2 amide bonds. The van der Waals surface area contributed by atoms with Crippen LogP contribution in [0.4, 0.5) is 10.5 Å². The van der Waals surface area contributed by atoms with E-state index in [9.17, 15) is 9.90 Å². The summed E-state index contributed by atoms with van der Waals surface area (Å²) in [6.45, 7) is 6.46. The first-order valence-electron chi connectivity index (χ1n) is 9.07. The van der Waals surface area contributed by atoms with Crippen molar-refractivity contribution in [2.45, 2.75) is 44.8 Å². The minimum atomic E-state index is -0.370. The first-order chi connectivity index (χ1) is 12.0. The number of likely N-dealkylation sites (tertiary alicyclic amines) is 1. The molecule has 1 aromatic carbocycles. The number of hydrogen-bond donors (Lipinski definition) is 2. The number of hydrogen-bond acceptors (Lipinski definition) is 4. The van der Waals surface area contributed by atoms with Gasteiger partial charge in [0.1, 0.15) is 5.75 Å². The molecule has 25 heavy (non-hydrogen) atoms. The molecule has 3 rings (SSSR count).